The third-order valence-electron chi connectivity index (χ3n) is 4.70. The Kier molecular flexibility index (Phi) is 6.61. The van der Waals surface area contributed by atoms with Crippen molar-refractivity contribution in [2.45, 2.75) is 24.5 Å². The van der Waals surface area contributed by atoms with Gasteiger partial charge in [-0.25, -0.2) is 4.98 Å². The standard InChI is InChI=1S/C23H22N4OS2/c1-2-16-10-12-18(13-11-16)22-25-23(27-26-22)30-15-20(28)24-21(19-9-6-14-29-19)17-7-4-3-5-8-17/h3-14,21H,2,15H2,1H3,(H,24,28)(H,25,26,27)/t21-/m0/s1. The van der Waals surface area contributed by atoms with E-state index in [-0.39, 0.29) is 17.7 Å². The van der Waals surface area contributed by atoms with Gasteiger partial charge in [-0.1, -0.05) is 79.3 Å². The van der Waals surface area contributed by atoms with E-state index in [1.807, 2.05) is 60.0 Å². The van der Waals surface area contributed by atoms with Crippen LogP contribution in [0.3, 0.4) is 0 Å². The lowest BCUT2D eigenvalue weighted by atomic mass is 10.1. The van der Waals surface area contributed by atoms with Gasteiger partial charge in [0.2, 0.25) is 11.1 Å². The second-order valence-corrected chi connectivity index (χ2v) is 8.65. The first-order valence-corrected chi connectivity index (χ1v) is 11.6. The van der Waals surface area contributed by atoms with Crippen LogP contribution in [0.15, 0.2) is 77.3 Å². The van der Waals surface area contributed by atoms with Gasteiger partial charge in [-0.15, -0.1) is 16.4 Å². The quantitative estimate of drug-likeness (QED) is 0.379. The van der Waals surface area contributed by atoms with Crippen molar-refractivity contribution >= 4 is 29.0 Å². The minimum Gasteiger partial charge on any atom is -0.344 e. The molecular formula is C23H22N4OS2. The molecule has 0 spiro atoms. The molecule has 0 saturated carbocycles. The molecule has 1 amide bonds. The molecule has 0 fully saturated rings. The van der Waals surface area contributed by atoms with Crippen LogP contribution in [-0.2, 0) is 11.2 Å². The number of benzene rings is 2. The molecule has 2 aromatic heterocycles. The molecule has 2 N–H and O–H groups in total. The Hall–Kier alpha value is -2.90. The summed E-state index contributed by atoms with van der Waals surface area (Å²) in [5.74, 6) is 0.906. The predicted octanol–water partition coefficient (Wildman–Crippen LogP) is 5.09. The van der Waals surface area contributed by atoms with Crippen LogP contribution in [0.4, 0.5) is 0 Å². The second kappa shape index (κ2) is 9.73. The highest BCUT2D eigenvalue weighted by molar-refractivity contribution is 7.99. The fourth-order valence-electron chi connectivity index (χ4n) is 3.09. The van der Waals surface area contributed by atoms with E-state index < -0.39 is 0 Å². The first kappa shape index (κ1) is 20.4. The van der Waals surface area contributed by atoms with Gasteiger partial charge in [0.25, 0.3) is 0 Å². The highest BCUT2D eigenvalue weighted by atomic mass is 32.2. The Morgan fingerprint density at radius 3 is 2.60 bits per heavy atom. The van der Waals surface area contributed by atoms with E-state index in [4.69, 9.17) is 0 Å². The predicted molar refractivity (Wildman–Crippen MR) is 123 cm³/mol. The topological polar surface area (TPSA) is 70.7 Å². The Morgan fingerprint density at radius 1 is 1.10 bits per heavy atom. The Labute approximate surface area is 184 Å². The van der Waals surface area contributed by atoms with Crippen molar-refractivity contribution in [3.63, 3.8) is 0 Å². The molecule has 0 saturated heterocycles. The third kappa shape index (κ3) is 4.98. The fourth-order valence-corrected chi connectivity index (χ4v) is 4.50. The van der Waals surface area contributed by atoms with Crippen molar-refractivity contribution in [1.29, 1.82) is 0 Å². The zero-order valence-electron chi connectivity index (χ0n) is 16.5. The van der Waals surface area contributed by atoms with E-state index in [9.17, 15) is 4.79 Å². The fraction of sp³-hybridized carbons (Fsp3) is 0.174. The summed E-state index contributed by atoms with van der Waals surface area (Å²) in [7, 11) is 0. The molecule has 4 aromatic rings. The number of hydrogen-bond donors (Lipinski definition) is 2. The zero-order valence-corrected chi connectivity index (χ0v) is 18.2. The van der Waals surface area contributed by atoms with Gasteiger partial charge in [-0.2, -0.15) is 0 Å². The van der Waals surface area contributed by atoms with Crippen LogP contribution in [0.5, 0.6) is 0 Å². The van der Waals surface area contributed by atoms with Gasteiger partial charge in [0.15, 0.2) is 5.82 Å². The van der Waals surface area contributed by atoms with E-state index in [0.717, 1.165) is 22.4 Å². The summed E-state index contributed by atoms with van der Waals surface area (Å²) in [5.41, 5.74) is 3.33. The lowest BCUT2D eigenvalue weighted by Gasteiger charge is -2.17. The van der Waals surface area contributed by atoms with E-state index in [0.29, 0.717) is 11.0 Å². The molecule has 30 heavy (non-hydrogen) atoms. The largest absolute Gasteiger partial charge is 0.344 e. The number of H-pyrrole nitrogens is 1. The van der Waals surface area contributed by atoms with Crippen molar-refractivity contribution in [1.82, 2.24) is 20.5 Å². The van der Waals surface area contributed by atoms with Crippen LogP contribution in [0.1, 0.15) is 29.0 Å². The molecule has 2 heterocycles. The van der Waals surface area contributed by atoms with E-state index in [1.54, 1.807) is 11.3 Å². The van der Waals surface area contributed by atoms with Crippen LogP contribution < -0.4 is 5.32 Å². The molecule has 152 valence electrons. The molecule has 4 rings (SSSR count). The normalized spacial score (nSPS) is 11.9. The first-order valence-electron chi connectivity index (χ1n) is 9.75. The number of aryl methyl sites for hydroxylation is 1. The Bertz CT molecular complexity index is 1080. The molecule has 2 aromatic carbocycles. The molecule has 7 heteroatoms. The van der Waals surface area contributed by atoms with Crippen molar-refractivity contribution in [2.24, 2.45) is 0 Å². The van der Waals surface area contributed by atoms with Crippen LogP contribution in [0.2, 0.25) is 0 Å². The van der Waals surface area contributed by atoms with Crippen molar-refractivity contribution in [2.75, 3.05) is 5.75 Å². The number of nitrogens with one attached hydrogen (secondary N) is 2. The monoisotopic (exact) mass is 434 g/mol. The average Bonchev–Trinajstić information content (AvgIpc) is 3.49. The number of carbonyl (C=O) groups is 1. The summed E-state index contributed by atoms with van der Waals surface area (Å²) < 4.78 is 0. The minimum atomic E-state index is -0.154. The third-order valence-corrected chi connectivity index (χ3v) is 6.48. The summed E-state index contributed by atoms with van der Waals surface area (Å²) in [5, 5.41) is 12.9. The van der Waals surface area contributed by atoms with Gasteiger partial charge in [0.05, 0.1) is 11.8 Å². The highest BCUT2D eigenvalue weighted by Gasteiger charge is 2.18. The molecule has 5 nitrogen and oxygen atoms in total. The maximum Gasteiger partial charge on any atom is 0.231 e. The highest BCUT2D eigenvalue weighted by Crippen LogP contribution is 2.26. The van der Waals surface area contributed by atoms with Crippen LogP contribution in [0.25, 0.3) is 11.4 Å². The minimum absolute atomic E-state index is 0.0547. The summed E-state index contributed by atoms with van der Waals surface area (Å²) >= 11 is 2.96. The van der Waals surface area contributed by atoms with Gasteiger partial charge in [-0.3, -0.25) is 9.89 Å². The van der Waals surface area contributed by atoms with Gasteiger partial charge < -0.3 is 5.32 Å². The molecule has 0 aliphatic carbocycles. The van der Waals surface area contributed by atoms with Crippen molar-refractivity contribution in [3.8, 4) is 11.4 Å². The molecule has 0 unspecified atom stereocenters. The molecule has 0 bridgehead atoms. The Balaban J connectivity index is 1.39. The second-order valence-electron chi connectivity index (χ2n) is 6.73. The maximum atomic E-state index is 12.6. The number of amides is 1. The zero-order chi connectivity index (χ0) is 20.8. The molecule has 0 aliphatic heterocycles. The van der Waals surface area contributed by atoms with Crippen molar-refractivity contribution in [3.05, 3.63) is 88.1 Å². The Morgan fingerprint density at radius 2 is 1.90 bits per heavy atom. The molecule has 0 aliphatic rings. The van der Waals surface area contributed by atoms with Crippen molar-refractivity contribution < 1.29 is 4.79 Å². The number of carbonyl (C=O) groups excluding carboxylic acids is 1. The maximum absolute atomic E-state index is 12.6. The number of thiophene rings is 1. The average molecular weight is 435 g/mol. The lowest BCUT2D eigenvalue weighted by molar-refractivity contribution is -0.119. The van der Waals surface area contributed by atoms with Gasteiger partial charge in [-0.05, 0) is 29.0 Å². The summed E-state index contributed by atoms with van der Waals surface area (Å²) in [6.45, 7) is 2.13. The molecule has 0 radical (unpaired) electrons. The number of thioether (sulfide) groups is 1. The summed E-state index contributed by atoms with van der Waals surface area (Å²) in [6.07, 6.45) is 1.00. The van der Waals surface area contributed by atoms with E-state index in [1.165, 1.54) is 17.3 Å². The number of rotatable bonds is 8. The summed E-state index contributed by atoms with van der Waals surface area (Å²) in [6, 6.07) is 22.1. The number of nitrogens with zero attached hydrogens (tertiary/aromatic N) is 2. The number of aromatic nitrogens is 3. The van der Waals surface area contributed by atoms with Crippen LogP contribution >= 0.6 is 23.1 Å². The first-order chi connectivity index (χ1) is 14.7. The smallest absolute Gasteiger partial charge is 0.231 e. The van der Waals surface area contributed by atoms with Crippen LogP contribution in [0, 0.1) is 0 Å². The van der Waals surface area contributed by atoms with Gasteiger partial charge >= 0.3 is 0 Å². The van der Waals surface area contributed by atoms with Crippen LogP contribution in [-0.4, -0.2) is 26.8 Å². The number of hydrogen-bond acceptors (Lipinski definition) is 5. The summed E-state index contributed by atoms with van der Waals surface area (Å²) in [4.78, 5) is 18.3. The molecule has 1 atom stereocenters. The SMILES string of the molecule is CCc1ccc(-c2nc(SCC(=O)N[C@@H](c3ccccc3)c3cccs3)n[nH]2)cc1. The van der Waals surface area contributed by atoms with Gasteiger partial charge in [0.1, 0.15) is 0 Å². The molecular weight excluding hydrogens is 412 g/mol. The van der Waals surface area contributed by atoms with Gasteiger partial charge in [0, 0.05) is 10.4 Å². The van der Waals surface area contributed by atoms with E-state index in [2.05, 4.69) is 39.6 Å². The van der Waals surface area contributed by atoms with E-state index >= 15 is 0 Å². The lowest BCUT2D eigenvalue weighted by Crippen LogP contribution is -2.30. The number of aromatic amines is 1.